The van der Waals surface area contributed by atoms with Crippen molar-refractivity contribution in [2.45, 2.75) is 38.8 Å². The number of para-hydroxylation sites is 2. The molecule has 6 heteroatoms. The van der Waals surface area contributed by atoms with Gasteiger partial charge in [-0.05, 0) is 38.4 Å². The summed E-state index contributed by atoms with van der Waals surface area (Å²) < 4.78 is 0. The zero-order valence-electron chi connectivity index (χ0n) is 12.5. The number of benzene rings is 1. The highest BCUT2D eigenvalue weighted by atomic mass is 35.5. The molecule has 0 saturated carbocycles. The minimum atomic E-state index is -0.735. The lowest BCUT2D eigenvalue weighted by Gasteiger charge is -2.32. The normalized spacial score (nSPS) is 18.9. The third-order valence-corrected chi connectivity index (χ3v) is 4.09. The molecular weight excluding hydrogens is 302 g/mol. The monoisotopic (exact) mass is 321 g/mol. The van der Waals surface area contributed by atoms with E-state index in [9.17, 15) is 9.90 Å². The Bertz CT molecular complexity index is 677. The van der Waals surface area contributed by atoms with E-state index in [1.165, 1.54) is 0 Å². The molecule has 1 aromatic heterocycles. The standard InChI is InChI=1S/C16H19N3O2.ClH/c1-11-14(18-13-7-3-2-6-12(13)17-11)10-19-9-5-4-8-15(19)16(20)21;/h2-3,6-7,15H,4-5,8-10H2,1H3,(H,20,21);1H. The van der Waals surface area contributed by atoms with Crippen LogP contribution in [0, 0.1) is 6.92 Å². The summed E-state index contributed by atoms with van der Waals surface area (Å²) >= 11 is 0. The van der Waals surface area contributed by atoms with E-state index in [2.05, 4.69) is 9.97 Å². The highest BCUT2D eigenvalue weighted by molar-refractivity contribution is 5.85. The van der Waals surface area contributed by atoms with E-state index in [1.807, 2.05) is 36.1 Å². The summed E-state index contributed by atoms with van der Waals surface area (Å²) in [7, 11) is 0. The predicted molar refractivity (Wildman–Crippen MR) is 87.2 cm³/mol. The van der Waals surface area contributed by atoms with Crippen molar-refractivity contribution in [1.82, 2.24) is 14.9 Å². The summed E-state index contributed by atoms with van der Waals surface area (Å²) in [4.78, 5) is 22.6. The zero-order chi connectivity index (χ0) is 14.8. The van der Waals surface area contributed by atoms with E-state index in [0.717, 1.165) is 48.2 Å². The Labute approximate surface area is 135 Å². The van der Waals surface area contributed by atoms with Crippen molar-refractivity contribution in [1.29, 1.82) is 0 Å². The SMILES string of the molecule is Cc1nc2ccccc2nc1CN1CCCCC1C(=O)O.Cl. The highest BCUT2D eigenvalue weighted by Gasteiger charge is 2.29. The molecule has 1 atom stereocenters. The number of carbonyl (C=O) groups is 1. The van der Waals surface area contributed by atoms with Gasteiger partial charge in [0.25, 0.3) is 0 Å². The van der Waals surface area contributed by atoms with E-state index < -0.39 is 12.0 Å². The third kappa shape index (κ3) is 3.36. The van der Waals surface area contributed by atoms with Crippen LogP contribution in [0.3, 0.4) is 0 Å². The van der Waals surface area contributed by atoms with Crippen molar-refractivity contribution in [3.05, 3.63) is 35.7 Å². The number of aliphatic carboxylic acids is 1. The van der Waals surface area contributed by atoms with Gasteiger partial charge in [-0.1, -0.05) is 18.6 Å². The summed E-state index contributed by atoms with van der Waals surface area (Å²) in [5, 5.41) is 9.35. The minimum absolute atomic E-state index is 0. The first-order valence-electron chi connectivity index (χ1n) is 7.34. The number of hydrogen-bond donors (Lipinski definition) is 1. The van der Waals surface area contributed by atoms with Crippen LogP contribution in [0.5, 0.6) is 0 Å². The van der Waals surface area contributed by atoms with E-state index in [1.54, 1.807) is 0 Å². The molecule has 3 rings (SSSR count). The van der Waals surface area contributed by atoms with Crippen molar-refractivity contribution in [3.8, 4) is 0 Å². The van der Waals surface area contributed by atoms with Gasteiger partial charge < -0.3 is 5.11 Å². The van der Waals surface area contributed by atoms with Gasteiger partial charge in [-0.2, -0.15) is 0 Å². The number of fused-ring (bicyclic) bond motifs is 1. The summed E-state index contributed by atoms with van der Waals surface area (Å²) in [6, 6.07) is 7.38. The van der Waals surface area contributed by atoms with Crippen molar-refractivity contribution in [3.63, 3.8) is 0 Å². The van der Waals surface area contributed by atoms with Crippen LogP contribution in [0.25, 0.3) is 11.0 Å². The molecule has 1 aliphatic heterocycles. The predicted octanol–water partition coefficient (Wildman–Crippen LogP) is 2.80. The Morgan fingerprint density at radius 1 is 1.27 bits per heavy atom. The fraction of sp³-hybridized carbons (Fsp3) is 0.438. The molecule has 0 aliphatic carbocycles. The van der Waals surface area contributed by atoms with Gasteiger partial charge in [0, 0.05) is 6.54 Å². The first-order valence-corrected chi connectivity index (χ1v) is 7.34. The van der Waals surface area contributed by atoms with E-state index >= 15 is 0 Å². The lowest BCUT2D eigenvalue weighted by molar-refractivity contribution is -0.144. The fourth-order valence-corrected chi connectivity index (χ4v) is 2.93. The van der Waals surface area contributed by atoms with Crippen molar-refractivity contribution in [2.24, 2.45) is 0 Å². The molecule has 5 nitrogen and oxygen atoms in total. The lowest BCUT2D eigenvalue weighted by Crippen LogP contribution is -2.44. The molecule has 1 N–H and O–H groups in total. The molecule has 0 bridgehead atoms. The second-order valence-electron chi connectivity index (χ2n) is 5.56. The van der Waals surface area contributed by atoms with Gasteiger partial charge in [-0.3, -0.25) is 9.69 Å². The number of aromatic nitrogens is 2. The average molecular weight is 322 g/mol. The van der Waals surface area contributed by atoms with Crippen LogP contribution in [0.2, 0.25) is 0 Å². The molecule has 1 unspecified atom stereocenters. The number of aryl methyl sites for hydroxylation is 1. The molecule has 1 saturated heterocycles. The lowest BCUT2D eigenvalue weighted by atomic mass is 10.0. The van der Waals surface area contributed by atoms with Crippen LogP contribution in [0.4, 0.5) is 0 Å². The zero-order valence-corrected chi connectivity index (χ0v) is 13.3. The Morgan fingerprint density at radius 3 is 2.64 bits per heavy atom. The van der Waals surface area contributed by atoms with Crippen molar-refractivity contribution >= 4 is 29.4 Å². The van der Waals surface area contributed by atoms with Crippen LogP contribution in [-0.4, -0.2) is 38.5 Å². The fourth-order valence-electron chi connectivity index (χ4n) is 2.93. The van der Waals surface area contributed by atoms with E-state index in [-0.39, 0.29) is 12.4 Å². The number of likely N-dealkylation sites (tertiary alicyclic amines) is 1. The molecule has 2 heterocycles. The molecule has 0 amide bonds. The average Bonchev–Trinajstić information content (AvgIpc) is 2.48. The highest BCUT2D eigenvalue weighted by Crippen LogP contribution is 2.21. The number of carboxylic acids is 1. The smallest absolute Gasteiger partial charge is 0.320 e. The summed E-state index contributed by atoms with van der Waals surface area (Å²) in [5.74, 6) is -0.735. The third-order valence-electron chi connectivity index (χ3n) is 4.09. The molecular formula is C16H20ClN3O2. The Morgan fingerprint density at radius 2 is 1.95 bits per heavy atom. The van der Waals surface area contributed by atoms with Crippen LogP contribution in [0.15, 0.2) is 24.3 Å². The summed E-state index contributed by atoms with van der Waals surface area (Å²) in [5.41, 5.74) is 3.50. The summed E-state index contributed by atoms with van der Waals surface area (Å²) in [6.07, 6.45) is 2.75. The van der Waals surface area contributed by atoms with Crippen molar-refractivity contribution < 1.29 is 9.90 Å². The number of rotatable bonds is 3. The van der Waals surface area contributed by atoms with Gasteiger partial charge in [-0.15, -0.1) is 12.4 Å². The van der Waals surface area contributed by atoms with E-state index in [4.69, 9.17) is 0 Å². The van der Waals surface area contributed by atoms with Gasteiger partial charge in [0.2, 0.25) is 0 Å². The number of piperidine rings is 1. The number of halogens is 1. The molecule has 2 aromatic rings. The molecule has 1 aromatic carbocycles. The maximum Gasteiger partial charge on any atom is 0.320 e. The Balaban J connectivity index is 0.00000176. The largest absolute Gasteiger partial charge is 0.480 e. The van der Waals surface area contributed by atoms with E-state index in [0.29, 0.717) is 6.54 Å². The van der Waals surface area contributed by atoms with Gasteiger partial charge in [0.15, 0.2) is 0 Å². The molecule has 0 spiro atoms. The van der Waals surface area contributed by atoms with Crippen LogP contribution < -0.4 is 0 Å². The van der Waals surface area contributed by atoms with Crippen LogP contribution in [0.1, 0.15) is 30.7 Å². The minimum Gasteiger partial charge on any atom is -0.480 e. The number of carboxylic acid groups (broad SMARTS) is 1. The van der Waals surface area contributed by atoms with Gasteiger partial charge in [-0.25, -0.2) is 9.97 Å². The number of hydrogen-bond acceptors (Lipinski definition) is 4. The molecule has 22 heavy (non-hydrogen) atoms. The Kier molecular flexibility index (Phi) is 5.32. The molecule has 118 valence electrons. The van der Waals surface area contributed by atoms with Crippen LogP contribution >= 0.6 is 12.4 Å². The first kappa shape index (κ1) is 16.6. The summed E-state index contributed by atoms with van der Waals surface area (Å²) in [6.45, 7) is 3.31. The van der Waals surface area contributed by atoms with Gasteiger partial charge >= 0.3 is 5.97 Å². The number of nitrogens with zero attached hydrogens (tertiary/aromatic N) is 3. The van der Waals surface area contributed by atoms with Crippen LogP contribution in [-0.2, 0) is 11.3 Å². The van der Waals surface area contributed by atoms with Gasteiger partial charge in [0.1, 0.15) is 6.04 Å². The quantitative estimate of drug-likeness (QED) is 0.941. The second-order valence-corrected chi connectivity index (χ2v) is 5.56. The molecule has 0 radical (unpaired) electrons. The topological polar surface area (TPSA) is 66.3 Å². The first-order chi connectivity index (χ1) is 10.1. The maximum atomic E-state index is 11.4. The Hall–Kier alpha value is -1.72. The van der Waals surface area contributed by atoms with Gasteiger partial charge in [0.05, 0.1) is 22.4 Å². The molecule has 1 fully saturated rings. The molecule has 1 aliphatic rings. The second kappa shape index (κ2) is 7.03. The maximum absolute atomic E-state index is 11.4. The van der Waals surface area contributed by atoms with Crippen molar-refractivity contribution in [2.75, 3.05) is 6.54 Å².